The van der Waals surface area contributed by atoms with E-state index >= 15 is 0 Å². The molecule has 3 atom stereocenters. The molecule has 1 aromatic carbocycles. The topological polar surface area (TPSA) is 9.23 Å². The molecule has 0 heterocycles. The van der Waals surface area contributed by atoms with Crippen molar-refractivity contribution in [3.05, 3.63) is 89.1 Å². The Kier molecular flexibility index (Phi) is 12.8. The van der Waals surface area contributed by atoms with Gasteiger partial charge in [0.2, 0.25) is 0 Å². The second kappa shape index (κ2) is 13.8. The van der Waals surface area contributed by atoms with Gasteiger partial charge in [0.25, 0.3) is 0 Å². The van der Waals surface area contributed by atoms with Gasteiger partial charge in [-0.1, -0.05) is 106 Å². The Hall–Kier alpha value is -0.440. The molecule has 1 aromatic rings. The fourth-order valence-electron chi connectivity index (χ4n) is 6.08. The molecule has 4 rings (SSSR count). The zero-order valence-electron chi connectivity index (χ0n) is 21.0. The summed E-state index contributed by atoms with van der Waals surface area (Å²) >= 11 is 0. The first kappa shape index (κ1) is 31.6. The van der Waals surface area contributed by atoms with Gasteiger partial charge in [-0.2, -0.15) is 0 Å². The normalized spacial score (nSPS) is 21.3. The molecule has 0 saturated heterocycles. The van der Waals surface area contributed by atoms with Crippen LogP contribution in [0, 0.1) is 11.3 Å². The summed E-state index contributed by atoms with van der Waals surface area (Å²) in [4.78, 5) is 0. The summed E-state index contributed by atoms with van der Waals surface area (Å²) in [6, 6.07) is 12.6. The van der Waals surface area contributed by atoms with E-state index in [0.29, 0.717) is 11.8 Å². The van der Waals surface area contributed by atoms with Crippen LogP contribution in [0.4, 0.5) is 0 Å². The average Bonchev–Trinajstić information content (AvgIpc) is 3.46. The molecule has 5 heteroatoms. The Labute approximate surface area is 240 Å². The van der Waals surface area contributed by atoms with Crippen molar-refractivity contribution in [2.45, 2.75) is 64.6 Å². The number of halogens is 2. The van der Waals surface area contributed by atoms with E-state index in [2.05, 4.69) is 101 Å². The molecule has 182 valence electrons. The molecular formula is C29H38Cl2OSiZr. The van der Waals surface area contributed by atoms with Crippen molar-refractivity contribution in [2.24, 2.45) is 11.3 Å². The summed E-state index contributed by atoms with van der Waals surface area (Å²) in [5.74, 6) is 0.827. The zero-order valence-corrected chi connectivity index (χ0v) is 26.0. The molecule has 0 spiro atoms. The molecule has 0 bridgehead atoms. The van der Waals surface area contributed by atoms with E-state index in [0.717, 1.165) is 19.4 Å². The molecule has 0 radical (unpaired) electrons. The summed E-state index contributed by atoms with van der Waals surface area (Å²) in [6.07, 6.45) is 20.9. The number of fused-ring (bicyclic) bond motifs is 2. The number of hydrogen-bond acceptors (Lipinski definition) is 1. The molecule has 3 unspecified atom stereocenters. The first-order valence-electron chi connectivity index (χ1n) is 12.3. The summed E-state index contributed by atoms with van der Waals surface area (Å²) in [6.45, 7) is 10.3. The smallest absolute Gasteiger partial charge is 1.00 e. The monoisotopic (exact) mass is 590 g/mol. The third-order valence-electron chi connectivity index (χ3n) is 8.34. The maximum atomic E-state index is 6.82. The minimum atomic E-state index is -1.59. The standard InChI is InChI=1S/C29H38OSi.2ClH.Zr/c1-5-29(21-22-30-31(6-2,7-3)8-4,27-19-17-23-13-9-11-15-25(23)27)28-20-18-24-14-10-12-16-26(24)28;;;/h9-20,25,28H,5-8,21-22H2,1-4H3;2*1H;/q;;;+2/p-2. The van der Waals surface area contributed by atoms with Gasteiger partial charge in [0.1, 0.15) is 0 Å². The van der Waals surface area contributed by atoms with Crippen LogP contribution in [-0.4, -0.2) is 14.9 Å². The van der Waals surface area contributed by atoms with Gasteiger partial charge in [0.05, 0.1) is 0 Å². The first-order chi connectivity index (χ1) is 15.1. The second-order valence-corrected chi connectivity index (χ2v) is 14.1. The van der Waals surface area contributed by atoms with Crippen molar-refractivity contribution in [3.63, 3.8) is 0 Å². The van der Waals surface area contributed by atoms with Gasteiger partial charge in [0.15, 0.2) is 8.32 Å². The summed E-state index contributed by atoms with van der Waals surface area (Å²) in [5, 5.41) is 0. The molecule has 0 aliphatic heterocycles. The van der Waals surface area contributed by atoms with Crippen LogP contribution in [0.25, 0.3) is 6.08 Å². The molecule has 3 aliphatic rings. The zero-order chi connectivity index (χ0) is 21.9. The van der Waals surface area contributed by atoms with Crippen LogP contribution in [0.5, 0.6) is 0 Å². The minimum Gasteiger partial charge on any atom is -1.00 e. The van der Waals surface area contributed by atoms with Gasteiger partial charge in [-0.15, -0.1) is 0 Å². The molecule has 1 nitrogen and oxygen atoms in total. The Bertz CT molecular complexity index is 952. The fourth-order valence-corrected chi connectivity index (χ4v) is 8.73. The number of allylic oxidation sites excluding steroid dienone is 9. The Balaban J connectivity index is 0.00000193. The molecule has 0 fully saturated rings. The van der Waals surface area contributed by atoms with Crippen LogP contribution in [0.1, 0.15) is 57.6 Å². The van der Waals surface area contributed by atoms with Gasteiger partial charge in [-0.05, 0) is 47.7 Å². The second-order valence-electron chi connectivity index (χ2n) is 9.33. The predicted molar refractivity (Wildman–Crippen MR) is 137 cm³/mol. The molecule has 0 aromatic heterocycles. The maximum absolute atomic E-state index is 6.82. The molecule has 34 heavy (non-hydrogen) atoms. The van der Waals surface area contributed by atoms with Crippen molar-refractivity contribution in [1.82, 2.24) is 0 Å². The minimum absolute atomic E-state index is 0. The van der Waals surface area contributed by atoms with E-state index in [9.17, 15) is 0 Å². The van der Waals surface area contributed by atoms with Gasteiger partial charge < -0.3 is 29.2 Å². The van der Waals surface area contributed by atoms with E-state index in [4.69, 9.17) is 4.43 Å². The molecule has 3 aliphatic carbocycles. The Morgan fingerprint density at radius 1 is 0.882 bits per heavy atom. The van der Waals surface area contributed by atoms with Gasteiger partial charge >= 0.3 is 26.2 Å². The largest absolute Gasteiger partial charge is 2.00 e. The van der Waals surface area contributed by atoms with Crippen molar-refractivity contribution < 1.29 is 55.4 Å². The predicted octanol–water partition coefficient (Wildman–Crippen LogP) is 2.22. The van der Waals surface area contributed by atoms with Crippen molar-refractivity contribution in [1.29, 1.82) is 0 Å². The van der Waals surface area contributed by atoms with Crippen molar-refractivity contribution in [2.75, 3.05) is 6.61 Å². The molecule has 0 amide bonds. The van der Waals surface area contributed by atoms with E-state index in [1.54, 1.807) is 5.57 Å². The van der Waals surface area contributed by atoms with Crippen LogP contribution in [0.3, 0.4) is 0 Å². The van der Waals surface area contributed by atoms with Gasteiger partial charge in [0, 0.05) is 23.9 Å². The van der Waals surface area contributed by atoms with Gasteiger partial charge in [-0.3, -0.25) is 0 Å². The van der Waals surface area contributed by atoms with Crippen LogP contribution < -0.4 is 24.8 Å². The quantitative estimate of drug-likeness (QED) is 0.379. The summed E-state index contributed by atoms with van der Waals surface area (Å²) in [5.41, 5.74) is 5.97. The van der Waals surface area contributed by atoms with Crippen LogP contribution in [-0.2, 0) is 30.6 Å². The summed E-state index contributed by atoms with van der Waals surface area (Å²) < 4.78 is 6.82. The molecule has 0 saturated carbocycles. The first-order valence-corrected chi connectivity index (χ1v) is 14.8. The third kappa shape index (κ3) is 5.76. The Morgan fingerprint density at radius 3 is 2.26 bits per heavy atom. The molecule has 0 N–H and O–H groups in total. The van der Waals surface area contributed by atoms with E-state index in [1.165, 1.54) is 34.8 Å². The fraction of sp³-hybridized carbons (Fsp3) is 0.448. The average molecular weight is 593 g/mol. The Morgan fingerprint density at radius 2 is 1.59 bits per heavy atom. The maximum Gasteiger partial charge on any atom is 2.00 e. The third-order valence-corrected chi connectivity index (χ3v) is 13.0. The number of rotatable bonds is 10. The van der Waals surface area contributed by atoms with Crippen molar-refractivity contribution in [3.8, 4) is 0 Å². The van der Waals surface area contributed by atoms with E-state index in [-0.39, 0.29) is 56.4 Å². The van der Waals surface area contributed by atoms with Gasteiger partial charge in [-0.25, -0.2) is 0 Å². The van der Waals surface area contributed by atoms with Crippen LogP contribution in [0.15, 0.2) is 77.9 Å². The number of benzene rings is 1. The summed E-state index contributed by atoms with van der Waals surface area (Å²) in [7, 11) is -1.59. The SMILES string of the molecule is CCC(CCO[Si](CC)(CC)CC)(C1=CC=C2C=CC=CC21)C1C=Cc2ccccc21.[Cl-].[Cl-].[Zr+2]. The van der Waals surface area contributed by atoms with Crippen LogP contribution in [0.2, 0.25) is 18.1 Å². The van der Waals surface area contributed by atoms with E-state index < -0.39 is 8.32 Å². The molecular weight excluding hydrogens is 555 g/mol. The number of hydrogen-bond donors (Lipinski definition) is 0. The van der Waals surface area contributed by atoms with Crippen LogP contribution >= 0.6 is 0 Å². The van der Waals surface area contributed by atoms with Crippen molar-refractivity contribution >= 4 is 14.4 Å². The van der Waals surface area contributed by atoms with E-state index in [1.807, 2.05) is 0 Å².